The van der Waals surface area contributed by atoms with Crippen LogP contribution in [-0.4, -0.2) is 25.7 Å². The second-order valence-electron chi connectivity index (χ2n) is 5.48. The Balaban J connectivity index is 1.69. The average molecular weight is 404 g/mol. The molecule has 2 aromatic heterocycles. The number of nitrogens with one attached hydrogen (secondary N) is 1. The molecular weight excluding hydrogens is 393 g/mol. The summed E-state index contributed by atoms with van der Waals surface area (Å²) in [4.78, 5) is 13.3. The van der Waals surface area contributed by atoms with Gasteiger partial charge in [-0.25, -0.2) is 0 Å². The highest BCUT2D eigenvalue weighted by molar-refractivity contribution is 7.19. The van der Waals surface area contributed by atoms with E-state index in [1.54, 1.807) is 16.6 Å². The van der Waals surface area contributed by atoms with Gasteiger partial charge >= 0.3 is 0 Å². The molecule has 26 heavy (non-hydrogen) atoms. The molecule has 0 fully saturated rings. The molecule has 4 rings (SSSR count). The van der Waals surface area contributed by atoms with Crippen molar-refractivity contribution < 1.29 is 4.79 Å². The summed E-state index contributed by atoms with van der Waals surface area (Å²) in [6.07, 6.45) is 0. The van der Waals surface area contributed by atoms with Gasteiger partial charge in [0, 0.05) is 11.1 Å². The van der Waals surface area contributed by atoms with Gasteiger partial charge in [-0.1, -0.05) is 46.7 Å². The van der Waals surface area contributed by atoms with Crippen molar-refractivity contribution in [2.45, 2.75) is 6.92 Å². The number of hydrogen-bond donors (Lipinski definition) is 1. The van der Waals surface area contributed by atoms with Crippen LogP contribution in [0, 0.1) is 6.92 Å². The lowest BCUT2D eigenvalue weighted by Crippen LogP contribution is -2.12. The number of carbonyl (C=O) groups is 1. The molecule has 9 heteroatoms. The molecule has 0 radical (unpaired) electrons. The largest absolute Gasteiger partial charge is 0.321 e. The second-order valence-corrected chi connectivity index (χ2v) is 7.25. The molecule has 6 nitrogen and oxygen atoms in total. The number of hydrogen-bond acceptors (Lipinski definition) is 5. The van der Waals surface area contributed by atoms with Gasteiger partial charge in [0.15, 0.2) is 5.82 Å². The van der Waals surface area contributed by atoms with Gasteiger partial charge in [0.2, 0.25) is 4.96 Å². The minimum atomic E-state index is -0.282. The normalized spacial score (nSPS) is 11.0. The lowest BCUT2D eigenvalue weighted by Gasteiger charge is -2.09. The van der Waals surface area contributed by atoms with Gasteiger partial charge in [-0.15, -0.1) is 10.2 Å². The summed E-state index contributed by atoms with van der Waals surface area (Å²) in [5.74, 6) is 0.426. The number of anilines is 1. The van der Waals surface area contributed by atoms with Gasteiger partial charge < -0.3 is 5.32 Å². The van der Waals surface area contributed by atoms with E-state index >= 15 is 0 Å². The Bertz CT molecular complexity index is 1140. The summed E-state index contributed by atoms with van der Waals surface area (Å²) < 4.78 is 1.68. The van der Waals surface area contributed by atoms with Crippen LogP contribution < -0.4 is 5.32 Å². The third-order valence-electron chi connectivity index (χ3n) is 3.73. The maximum Gasteiger partial charge on any atom is 0.255 e. The van der Waals surface area contributed by atoms with Crippen LogP contribution in [0.15, 0.2) is 42.5 Å². The number of nitrogens with zero attached hydrogens (tertiary/aromatic N) is 4. The number of carbonyl (C=O) groups excluding carboxylic acids is 1. The highest BCUT2D eigenvalue weighted by Gasteiger charge is 2.16. The zero-order valence-corrected chi connectivity index (χ0v) is 15.7. The molecule has 0 aliphatic heterocycles. The zero-order valence-electron chi connectivity index (χ0n) is 13.4. The topological polar surface area (TPSA) is 72.2 Å². The lowest BCUT2D eigenvalue weighted by atomic mass is 10.1. The van der Waals surface area contributed by atoms with Crippen molar-refractivity contribution in [1.29, 1.82) is 0 Å². The van der Waals surface area contributed by atoms with Crippen LogP contribution in [-0.2, 0) is 0 Å². The van der Waals surface area contributed by atoms with E-state index in [1.807, 2.05) is 31.2 Å². The monoisotopic (exact) mass is 403 g/mol. The van der Waals surface area contributed by atoms with Crippen LogP contribution >= 0.6 is 34.5 Å². The zero-order chi connectivity index (χ0) is 18.3. The number of fused-ring (bicyclic) bond motifs is 1. The maximum atomic E-state index is 12.6. The van der Waals surface area contributed by atoms with Crippen molar-refractivity contribution >= 4 is 51.1 Å². The number of aromatic nitrogens is 4. The molecule has 4 aromatic rings. The van der Waals surface area contributed by atoms with Crippen molar-refractivity contribution in [3.8, 4) is 10.6 Å². The summed E-state index contributed by atoms with van der Waals surface area (Å²) in [5.41, 5.74) is 1.87. The first kappa shape index (κ1) is 17.0. The molecule has 0 atom stereocenters. The van der Waals surface area contributed by atoms with Gasteiger partial charge in [0.25, 0.3) is 5.91 Å². The van der Waals surface area contributed by atoms with Gasteiger partial charge in [-0.2, -0.15) is 9.61 Å². The highest BCUT2D eigenvalue weighted by Crippen LogP contribution is 2.32. The third kappa shape index (κ3) is 3.05. The first-order valence-electron chi connectivity index (χ1n) is 7.57. The van der Waals surface area contributed by atoms with Crippen LogP contribution in [0.25, 0.3) is 15.5 Å². The highest BCUT2D eigenvalue weighted by atomic mass is 35.5. The third-order valence-corrected chi connectivity index (χ3v) is 5.41. The molecule has 0 aliphatic carbocycles. The number of amides is 1. The molecule has 2 heterocycles. The fourth-order valence-electron chi connectivity index (χ4n) is 2.43. The first-order valence-corrected chi connectivity index (χ1v) is 9.15. The molecule has 0 aliphatic rings. The minimum absolute atomic E-state index is 0.282. The molecule has 0 spiro atoms. The van der Waals surface area contributed by atoms with E-state index in [2.05, 4.69) is 20.6 Å². The van der Waals surface area contributed by atoms with E-state index in [0.29, 0.717) is 32.1 Å². The minimum Gasteiger partial charge on any atom is -0.321 e. The van der Waals surface area contributed by atoms with Gasteiger partial charge in [0.05, 0.1) is 15.7 Å². The average Bonchev–Trinajstić information content (AvgIpc) is 3.20. The van der Waals surface area contributed by atoms with Crippen molar-refractivity contribution in [1.82, 2.24) is 19.8 Å². The Morgan fingerprint density at radius 3 is 2.69 bits per heavy atom. The van der Waals surface area contributed by atoms with E-state index in [0.717, 1.165) is 10.6 Å². The first-order chi connectivity index (χ1) is 12.5. The van der Waals surface area contributed by atoms with Crippen LogP contribution in [0.3, 0.4) is 0 Å². The molecule has 2 aromatic carbocycles. The number of benzene rings is 2. The quantitative estimate of drug-likeness (QED) is 0.536. The number of aryl methyl sites for hydroxylation is 1. The van der Waals surface area contributed by atoms with E-state index in [-0.39, 0.29) is 5.91 Å². The van der Waals surface area contributed by atoms with Crippen molar-refractivity contribution in [2.24, 2.45) is 0 Å². The molecule has 1 amide bonds. The van der Waals surface area contributed by atoms with E-state index in [1.165, 1.54) is 17.4 Å². The Morgan fingerprint density at radius 1 is 1.12 bits per heavy atom. The van der Waals surface area contributed by atoms with E-state index in [4.69, 9.17) is 23.2 Å². The van der Waals surface area contributed by atoms with E-state index in [9.17, 15) is 4.79 Å². The lowest BCUT2D eigenvalue weighted by molar-refractivity contribution is 0.102. The van der Waals surface area contributed by atoms with Gasteiger partial charge in [-0.3, -0.25) is 4.79 Å². The SMILES string of the molecule is Cc1nnc2sc(-c3ccccc3NC(=O)c3ccc(Cl)c(Cl)c3)nn12. The van der Waals surface area contributed by atoms with Crippen molar-refractivity contribution in [3.05, 3.63) is 63.9 Å². The van der Waals surface area contributed by atoms with Crippen molar-refractivity contribution in [3.63, 3.8) is 0 Å². The van der Waals surface area contributed by atoms with Crippen LogP contribution in [0.1, 0.15) is 16.2 Å². The van der Waals surface area contributed by atoms with Crippen LogP contribution in [0.5, 0.6) is 0 Å². The molecule has 0 saturated heterocycles. The Labute approximate surface area is 162 Å². The van der Waals surface area contributed by atoms with E-state index < -0.39 is 0 Å². The molecule has 0 bridgehead atoms. The van der Waals surface area contributed by atoms with Crippen molar-refractivity contribution in [2.75, 3.05) is 5.32 Å². The second kappa shape index (κ2) is 6.68. The fraction of sp³-hybridized carbons (Fsp3) is 0.0588. The van der Waals surface area contributed by atoms with Gasteiger partial charge in [0.1, 0.15) is 5.01 Å². The predicted molar refractivity (Wildman–Crippen MR) is 103 cm³/mol. The molecule has 0 saturated carbocycles. The smallest absolute Gasteiger partial charge is 0.255 e. The summed E-state index contributed by atoms with van der Waals surface area (Å²) in [6.45, 7) is 1.83. The summed E-state index contributed by atoms with van der Waals surface area (Å²) >= 11 is 13.3. The summed E-state index contributed by atoms with van der Waals surface area (Å²) in [7, 11) is 0. The molecule has 0 unspecified atom stereocenters. The number of rotatable bonds is 3. The van der Waals surface area contributed by atoms with Crippen LogP contribution in [0.2, 0.25) is 10.0 Å². The Hall–Kier alpha value is -2.48. The standard InChI is InChI=1S/C17H11Cl2N5OS/c1-9-21-22-17-24(9)23-16(26-17)11-4-2-3-5-14(11)20-15(25)10-6-7-12(18)13(19)8-10/h2-8H,1H3,(H,20,25). The number of para-hydroxylation sites is 1. The predicted octanol–water partition coefficient (Wildman–Crippen LogP) is 4.72. The molecule has 1 N–H and O–H groups in total. The summed E-state index contributed by atoms with van der Waals surface area (Å²) in [6, 6.07) is 12.2. The Morgan fingerprint density at radius 2 is 1.92 bits per heavy atom. The molecular formula is C17H11Cl2N5OS. The van der Waals surface area contributed by atoms with Gasteiger partial charge in [-0.05, 0) is 37.3 Å². The Kier molecular flexibility index (Phi) is 4.36. The fourth-order valence-corrected chi connectivity index (χ4v) is 3.66. The van der Waals surface area contributed by atoms with Crippen LogP contribution in [0.4, 0.5) is 5.69 Å². The maximum absolute atomic E-state index is 12.6. The summed E-state index contributed by atoms with van der Waals surface area (Å²) in [5, 5.41) is 17.0. The molecule has 130 valence electrons. The number of halogens is 2.